The zero-order valence-corrected chi connectivity index (χ0v) is 8.54. The van der Waals surface area contributed by atoms with Crippen molar-refractivity contribution < 1.29 is 23.5 Å². The van der Waals surface area contributed by atoms with Gasteiger partial charge in [-0.25, -0.2) is 0 Å². The van der Waals surface area contributed by atoms with Gasteiger partial charge in [0.05, 0.1) is 13.2 Å². The monoisotopic (exact) mass is 241 g/mol. The van der Waals surface area contributed by atoms with Crippen LogP contribution in [0.3, 0.4) is 0 Å². The Kier molecular flexibility index (Phi) is 3.64. The van der Waals surface area contributed by atoms with E-state index in [0.29, 0.717) is 0 Å². The molecule has 0 unspecified atom stereocenters. The SMILES string of the molecule is NC(CN1CC[C@@](CO)(C(F)(F)F)C1)=NO. The maximum absolute atomic E-state index is 12.7. The molecule has 1 fully saturated rings. The summed E-state index contributed by atoms with van der Waals surface area (Å²) in [5.74, 6) is -0.143. The van der Waals surface area contributed by atoms with E-state index in [-0.39, 0.29) is 31.9 Å². The Hall–Kier alpha value is -1.02. The zero-order chi connectivity index (χ0) is 12.4. The van der Waals surface area contributed by atoms with Gasteiger partial charge < -0.3 is 16.0 Å². The second-order valence-corrected chi connectivity index (χ2v) is 3.99. The van der Waals surface area contributed by atoms with Crippen LogP contribution < -0.4 is 5.73 Å². The van der Waals surface area contributed by atoms with Gasteiger partial charge in [0.2, 0.25) is 0 Å². The molecule has 1 heterocycles. The van der Waals surface area contributed by atoms with Crippen LogP contribution in [0.15, 0.2) is 5.16 Å². The van der Waals surface area contributed by atoms with Crippen LogP contribution in [0.4, 0.5) is 13.2 Å². The molecular weight excluding hydrogens is 227 g/mol. The van der Waals surface area contributed by atoms with Crippen molar-refractivity contribution in [2.75, 3.05) is 26.2 Å². The Labute approximate surface area is 90.3 Å². The summed E-state index contributed by atoms with van der Waals surface area (Å²) in [7, 11) is 0. The van der Waals surface area contributed by atoms with Crippen molar-refractivity contribution in [3.63, 3.8) is 0 Å². The lowest BCUT2D eigenvalue weighted by atomic mass is 9.87. The lowest BCUT2D eigenvalue weighted by Crippen LogP contribution is -2.44. The van der Waals surface area contributed by atoms with Crippen molar-refractivity contribution >= 4 is 5.84 Å². The predicted molar refractivity (Wildman–Crippen MR) is 50.0 cm³/mol. The smallest absolute Gasteiger partial charge is 0.397 e. The maximum Gasteiger partial charge on any atom is 0.397 e. The topological polar surface area (TPSA) is 82.1 Å². The van der Waals surface area contributed by atoms with Crippen LogP contribution >= 0.6 is 0 Å². The summed E-state index contributed by atoms with van der Waals surface area (Å²) in [5.41, 5.74) is 3.13. The summed E-state index contributed by atoms with van der Waals surface area (Å²) in [6.45, 7) is -1.14. The van der Waals surface area contributed by atoms with Crippen molar-refractivity contribution in [2.24, 2.45) is 16.3 Å². The Morgan fingerprint density at radius 2 is 2.12 bits per heavy atom. The molecule has 1 atom stereocenters. The van der Waals surface area contributed by atoms with Gasteiger partial charge in [-0.2, -0.15) is 13.2 Å². The number of aliphatic hydroxyl groups is 1. The number of alkyl halides is 3. The van der Waals surface area contributed by atoms with Gasteiger partial charge in [-0.1, -0.05) is 5.16 Å². The van der Waals surface area contributed by atoms with Crippen molar-refractivity contribution in [2.45, 2.75) is 12.6 Å². The first kappa shape index (κ1) is 13.0. The number of rotatable bonds is 3. The average Bonchev–Trinajstić information content (AvgIpc) is 2.61. The molecule has 4 N–H and O–H groups in total. The highest BCUT2D eigenvalue weighted by molar-refractivity contribution is 5.81. The van der Waals surface area contributed by atoms with Gasteiger partial charge in [-0.05, 0) is 13.0 Å². The number of aliphatic hydroxyl groups excluding tert-OH is 1. The second-order valence-electron chi connectivity index (χ2n) is 3.99. The summed E-state index contributed by atoms with van der Waals surface area (Å²) in [6, 6.07) is 0. The minimum atomic E-state index is -4.44. The largest absolute Gasteiger partial charge is 0.409 e. The van der Waals surface area contributed by atoms with E-state index in [1.165, 1.54) is 4.90 Å². The minimum Gasteiger partial charge on any atom is -0.409 e. The lowest BCUT2D eigenvalue weighted by Gasteiger charge is -2.29. The van der Waals surface area contributed by atoms with Gasteiger partial charge in [0.25, 0.3) is 0 Å². The van der Waals surface area contributed by atoms with Gasteiger partial charge >= 0.3 is 6.18 Å². The number of amidine groups is 1. The lowest BCUT2D eigenvalue weighted by molar-refractivity contribution is -0.230. The predicted octanol–water partition coefficient (Wildman–Crippen LogP) is -0.0205. The van der Waals surface area contributed by atoms with Gasteiger partial charge in [-0.15, -0.1) is 0 Å². The van der Waals surface area contributed by atoms with E-state index in [9.17, 15) is 13.2 Å². The van der Waals surface area contributed by atoms with Gasteiger partial charge in [0.15, 0.2) is 5.84 Å². The standard InChI is InChI=1S/C8H14F3N3O2/c9-8(10,11)7(5-15)1-2-14(4-7)3-6(12)13-16/h15-16H,1-5H2,(H2,12,13)/t7-/m1/s1. The molecule has 8 heteroatoms. The number of nitrogens with two attached hydrogens (primary N) is 1. The fourth-order valence-corrected chi connectivity index (χ4v) is 1.80. The van der Waals surface area contributed by atoms with Gasteiger partial charge in [0, 0.05) is 6.54 Å². The molecule has 0 spiro atoms. The van der Waals surface area contributed by atoms with E-state index in [2.05, 4.69) is 5.16 Å². The molecule has 0 bridgehead atoms. The molecule has 0 aromatic heterocycles. The van der Waals surface area contributed by atoms with Crippen LogP contribution in [0.1, 0.15) is 6.42 Å². The first-order chi connectivity index (χ1) is 7.34. The minimum absolute atomic E-state index is 0.0334. The summed E-state index contributed by atoms with van der Waals surface area (Å²) >= 11 is 0. The number of nitrogens with zero attached hydrogens (tertiary/aromatic N) is 2. The number of oxime groups is 1. The fraction of sp³-hybridized carbons (Fsp3) is 0.875. The number of hydrogen-bond donors (Lipinski definition) is 3. The van der Waals surface area contributed by atoms with Gasteiger partial charge in [-0.3, -0.25) is 4.90 Å². The first-order valence-corrected chi connectivity index (χ1v) is 4.71. The van der Waals surface area contributed by atoms with Crippen LogP contribution in [0, 0.1) is 5.41 Å². The van der Waals surface area contributed by atoms with Crippen LogP contribution in [-0.4, -0.2) is 53.5 Å². The van der Waals surface area contributed by atoms with Crippen LogP contribution in [0.5, 0.6) is 0 Å². The van der Waals surface area contributed by atoms with Crippen molar-refractivity contribution in [3.8, 4) is 0 Å². The highest BCUT2D eigenvalue weighted by atomic mass is 19.4. The molecule has 1 aliphatic heterocycles. The summed E-state index contributed by atoms with van der Waals surface area (Å²) < 4.78 is 38.1. The molecule has 16 heavy (non-hydrogen) atoms. The Morgan fingerprint density at radius 1 is 1.50 bits per heavy atom. The Morgan fingerprint density at radius 3 is 2.50 bits per heavy atom. The summed E-state index contributed by atoms with van der Waals surface area (Å²) in [4.78, 5) is 1.40. The third-order valence-corrected chi connectivity index (χ3v) is 2.85. The summed E-state index contributed by atoms with van der Waals surface area (Å²) in [6.07, 6.45) is -4.62. The van der Waals surface area contributed by atoms with E-state index in [4.69, 9.17) is 16.0 Å². The van der Waals surface area contributed by atoms with Crippen molar-refractivity contribution in [1.29, 1.82) is 0 Å². The third kappa shape index (κ3) is 2.38. The van der Waals surface area contributed by atoms with Crippen LogP contribution in [0.25, 0.3) is 0 Å². The molecule has 1 rings (SSSR count). The molecule has 0 aromatic carbocycles. The number of halogens is 3. The van der Waals surface area contributed by atoms with E-state index in [1.54, 1.807) is 0 Å². The van der Waals surface area contributed by atoms with Crippen molar-refractivity contribution in [1.82, 2.24) is 4.90 Å². The average molecular weight is 241 g/mol. The van der Waals surface area contributed by atoms with Crippen LogP contribution in [-0.2, 0) is 0 Å². The quantitative estimate of drug-likeness (QED) is 0.281. The molecular formula is C8H14F3N3O2. The van der Waals surface area contributed by atoms with Gasteiger partial charge in [0.1, 0.15) is 5.41 Å². The van der Waals surface area contributed by atoms with Crippen LogP contribution in [0.2, 0.25) is 0 Å². The van der Waals surface area contributed by atoms with E-state index in [0.717, 1.165) is 0 Å². The summed E-state index contributed by atoms with van der Waals surface area (Å²) in [5, 5.41) is 19.9. The first-order valence-electron chi connectivity index (χ1n) is 4.71. The maximum atomic E-state index is 12.7. The number of likely N-dealkylation sites (tertiary alicyclic amines) is 1. The highest BCUT2D eigenvalue weighted by Gasteiger charge is 2.57. The van der Waals surface area contributed by atoms with Crippen molar-refractivity contribution in [3.05, 3.63) is 0 Å². The molecule has 1 saturated heterocycles. The van der Waals surface area contributed by atoms with E-state index in [1.807, 2.05) is 0 Å². The second kappa shape index (κ2) is 4.46. The molecule has 5 nitrogen and oxygen atoms in total. The normalized spacial score (nSPS) is 28.6. The molecule has 0 saturated carbocycles. The third-order valence-electron chi connectivity index (χ3n) is 2.85. The molecule has 0 aromatic rings. The van der Waals surface area contributed by atoms with E-state index < -0.39 is 18.2 Å². The molecule has 0 aliphatic carbocycles. The Balaban J connectivity index is 2.69. The molecule has 94 valence electrons. The Bertz CT molecular complexity index is 282. The van der Waals surface area contributed by atoms with E-state index >= 15 is 0 Å². The molecule has 0 radical (unpaired) electrons. The molecule has 0 amide bonds. The number of hydrogen-bond acceptors (Lipinski definition) is 4. The zero-order valence-electron chi connectivity index (χ0n) is 8.54. The highest BCUT2D eigenvalue weighted by Crippen LogP contribution is 2.44. The fourth-order valence-electron chi connectivity index (χ4n) is 1.80. The molecule has 1 aliphatic rings.